The van der Waals surface area contributed by atoms with Crippen molar-refractivity contribution in [2.75, 3.05) is 4.90 Å². The summed E-state index contributed by atoms with van der Waals surface area (Å²) in [4.78, 5) is 17.1. The summed E-state index contributed by atoms with van der Waals surface area (Å²) in [6, 6.07) is 13.6. The first kappa shape index (κ1) is 13.5. The largest absolute Gasteiger partial charge is 0.270 e. The number of nitrogens with zero attached hydrogens (tertiary/aromatic N) is 1. The van der Waals surface area contributed by atoms with E-state index in [1.807, 2.05) is 42.5 Å². The Kier molecular flexibility index (Phi) is 3.74. The van der Waals surface area contributed by atoms with E-state index >= 15 is 0 Å². The van der Waals surface area contributed by atoms with Crippen molar-refractivity contribution in [2.24, 2.45) is 0 Å². The van der Waals surface area contributed by atoms with Gasteiger partial charge in [-0.3, -0.25) is 9.69 Å². The van der Waals surface area contributed by atoms with Crippen LogP contribution >= 0.6 is 35.3 Å². The van der Waals surface area contributed by atoms with Crippen LogP contribution in [0.3, 0.4) is 0 Å². The average Bonchev–Trinajstić information content (AvgIpc) is 2.96. The van der Waals surface area contributed by atoms with Gasteiger partial charge in [-0.05, 0) is 37.3 Å². The maximum atomic E-state index is 12.5. The minimum absolute atomic E-state index is 0.0442. The van der Waals surface area contributed by atoms with Gasteiger partial charge in [0, 0.05) is 9.75 Å². The van der Waals surface area contributed by atoms with Gasteiger partial charge in [0.15, 0.2) is 4.32 Å². The lowest BCUT2D eigenvalue weighted by Gasteiger charge is -2.13. The molecule has 0 atom stereocenters. The third-order valence-electron chi connectivity index (χ3n) is 2.84. The van der Waals surface area contributed by atoms with Gasteiger partial charge in [-0.1, -0.05) is 42.2 Å². The van der Waals surface area contributed by atoms with Crippen LogP contribution in [0.4, 0.5) is 5.69 Å². The number of hydrogen-bond donors (Lipinski definition) is 0. The summed E-state index contributed by atoms with van der Waals surface area (Å²) in [5, 5.41) is 0. The van der Waals surface area contributed by atoms with Gasteiger partial charge < -0.3 is 0 Å². The number of anilines is 1. The number of amides is 1. The van der Waals surface area contributed by atoms with Crippen molar-refractivity contribution < 1.29 is 4.79 Å². The molecule has 0 saturated carbocycles. The number of para-hydroxylation sites is 1. The summed E-state index contributed by atoms with van der Waals surface area (Å²) >= 11 is 8.36. The van der Waals surface area contributed by atoms with Crippen molar-refractivity contribution in [3.05, 3.63) is 57.1 Å². The van der Waals surface area contributed by atoms with Gasteiger partial charge in [0.05, 0.1) is 10.6 Å². The lowest BCUT2D eigenvalue weighted by atomic mass is 10.3. The van der Waals surface area contributed by atoms with E-state index in [1.54, 1.807) is 16.2 Å². The maximum absolute atomic E-state index is 12.5. The number of rotatable bonds is 2. The number of carbonyl (C=O) groups excluding carboxylic acids is 1. The van der Waals surface area contributed by atoms with E-state index in [9.17, 15) is 4.79 Å². The topological polar surface area (TPSA) is 20.3 Å². The number of aryl methyl sites for hydroxylation is 1. The third-order valence-corrected chi connectivity index (χ3v) is 5.09. The number of carbonyl (C=O) groups is 1. The summed E-state index contributed by atoms with van der Waals surface area (Å²) in [5.41, 5.74) is 0.820. The van der Waals surface area contributed by atoms with Crippen molar-refractivity contribution in [3.8, 4) is 0 Å². The predicted octanol–water partition coefficient (Wildman–Crippen LogP) is 4.46. The van der Waals surface area contributed by atoms with Crippen molar-refractivity contribution >= 4 is 57.3 Å². The lowest BCUT2D eigenvalue weighted by Crippen LogP contribution is -2.27. The Morgan fingerprint density at radius 2 is 1.90 bits per heavy atom. The van der Waals surface area contributed by atoms with E-state index in [2.05, 4.69) is 13.0 Å². The van der Waals surface area contributed by atoms with Gasteiger partial charge >= 0.3 is 0 Å². The molecule has 1 aromatic heterocycles. The first-order chi connectivity index (χ1) is 9.65. The fourth-order valence-electron chi connectivity index (χ4n) is 1.93. The standard InChI is InChI=1S/C15H11NOS3/c1-10-7-8-12(19-10)9-13-14(17)16(15(18)20-13)11-5-3-2-4-6-11/h2-9H,1H3/b13-9+. The quantitative estimate of drug-likeness (QED) is 0.602. The Bertz CT molecular complexity index is 703. The number of thioether (sulfide) groups is 1. The molecule has 5 heteroatoms. The Hall–Kier alpha value is -1.43. The summed E-state index contributed by atoms with van der Waals surface area (Å²) < 4.78 is 0.584. The second-order valence-electron chi connectivity index (χ2n) is 4.30. The summed E-state index contributed by atoms with van der Waals surface area (Å²) in [6.45, 7) is 2.05. The monoisotopic (exact) mass is 317 g/mol. The summed E-state index contributed by atoms with van der Waals surface area (Å²) in [6.07, 6.45) is 1.92. The number of thiocarbonyl (C=S) groups is 1. The minimum atomic E-state index is -0.0442. The smallest absolute Gasteiger partial charge is 0.268 e. The molecule has 20 heavy (non-hydrogen) atoms. The molecule has 2 aromatic rings. The van der Waals surface area contributed by atoms with Crippen molar-refractivity contribution in [1.29, 1.82) is 0 Å². The van der Waals surface area contributed by atoms with Gasteiger partial charge in [-0.25, -0.2) is 0 Å². The molecule has 1 aromatic carbocycles. The van der Waals surface area contributed by atoms with Crippen LogP contribution in [-0.2, 0) is 4.79 Å². The zero-order valence-corrected chi connectivity index (χ0v) is 13.1. The van der Waals surface area contributed by atoms with Gasteiger partial charge in [0.2, 0.25) is 0 Å². The Labute approximate surface area is 131 Å². The zero-order valence-electron chi connectivity index (χ0n) is 10.7. The van der Waals surface area contributed by atoms with Crippen molar-refractivity contribution in [1.82, 2.24) is 0 Å². The molecule has 1 aliphatic rings. The highest BCUT2D eigenvalue weighted by Crippen LogP contribution is 2.36. The molecule has 1 fully saturated rings. The van der Waals surface area contributed by atoms with Gasteiger partial charge in [-0.2, -0.15) is 0 Å². The van der Waals surface area contributed by atoms with E-state index in [1.165, 1.54) is 16.6 Å². The lowest BCUT2D eigenvalue weighted by molar-refractivity contribution is -0.113. The maximum Gasteiger partial charge on any atom is 0.270 e. The molecular formula is C15H11NOS3. The molecular weight excluding hydrogens is 306 g/mol. The highest BCUT2D eigenvalue weighted by molar-refractivity contribution is 8.27. The number of hydrogen-bond acceptors (Lipinski definition) is 4. The van der Waals surface area contributed by atoms with E-state index in [4.69, 9.17) is 12.2 Å². The fourth-order valence-corrected chi connectivity index (χ4v) is 4.11. The molecule has 0 unspecified atom stereocenters. The third kappa shape index (κ3) is 2.57. The highest BCUT2D eigenvalue weighted by atomic mass is 32.2. The molecule has 1 amide bonds. The predicted molar refractivity (Wildman–Crippen MR) is 91.2 cm³/mol. The Morgan fingerprint density at radius 1 is 1.15 bits per heavy atom. The number of benzene rings is 1. The summed E-state index contributed by atoms with van der Waals surface area (Å²) in [5.74, 6) is -0.0442. The van der Waals surface area contributed by atoms with Gasteiger partial charge in [0.25, 0.3) is 5.91 Å². The van der Waals surface area contributed by atoms with Crippen LogP contribution in [0.2, 0.25) is 0 Å². The molecule has 0 N–H and O–H groups in total. The van der Waals surface area contributed by atoms with E-state index in [-0.39, 0.29) is 5.91 Å². The normalized spacial score (nSPS) is 17.2. The fraction of sp³-hybridized carbons (Fsp3) is 0.0667. The summed E-state index contributed by atoms with van der Waals surface area (Å²) in [7, 11) is 0. The molecule has 0 spiro atoms. The molecule has 1 saturated heterocycles. The molecule has 100 valence electrons. The molecule has 0 aliphatic carbocycles. The SMILES string of the molecule is Cc1ccc(/C=C2/SC(=S)N(c3ccccc3)C2=O)s1. The van der Waals surface area contributed by atoms with Crippen molar-refractivity contribution in [3.63, 3.8) is 0 Å². The second kappa shape index (κ2) is 5.52. The van der Waals surface area contributed by atoms with Crippen LogP contribution in [0.1, 0.15) is 9.75 Å². The first-order valence-corrected chi connectivity index (χ1v) is 8.09. The first-order valence-electron chi connectivity index (χ1n) is 6.04. The van der Waals surface area contributed by atoms with E-state index in [0.29, 0.717) is 9.23 Å². The molecule has 0 bridgehead atoms. The van der Waals surface area contributed by atoms with Crippen LogP contribution in [0.25, 0.3) is 6.08 Å². The minimum Gasteiger partial charge on any atom is -0.268 e. The average molecular weight is 317 g/mol. The van der Waals surface area contributed by atoms with Crippen LogP contribution in [0.15, 0.2) is 47.4 Å². The molecule has 3 rings (SSSR count). The molecule has 1 aliphatic heterocycles. The van der Waals surface area contributed by atoms with E-state index < -0.39 is 0 Å². The van der Waals surface area contributed by atoms with Crippen molar-refractivity contribution in [2.45, 2.75) is 6.92 Å². The van der Waals surface area contributed by atoms with Crippen LogP contribution in [0, 0.1) is 6.92 Å². The van der Waals surface area contributed by atoms with Crippen LogP contribution in [0.5, 0.6) is 0 Å². The zero-order chi connectivity index (χ0) is 14.1. The Morgan fingerprint density at radius 3 is 2.55 bits per heavy atom. The Balaban J connectivity index is 1.93. The molecule has 0 radical (unpaired) electrons. The van der Waals surface area contributed by atoms with Crippen LogP contribution < -0.4 is 4.90 Å². The van der Waals surface area contributed by atoms with Crippen LogP contribution in [-0.4, -0.2) is 10.2 Å². The molecule has 2 nitrogen and oxygen atoms in total. The van der Waals surface area contributed by atoms with Gasteiger partial charge in [-0.15, -0.1) is 11.3 Å². The number of thiophene rings is 1. The molecule has 2 heterocycles. The second-order valence-corrected chi connectivity index (χ2v) is 7.30. The van der Waals surface area contributed by atoms with E-state index in [0.717, 1.165) is 10.6 Å². The highest BCUT2D eigenvalue weighted by Gasteiger charge is 2.33. The van der Waals surface area contributed by atoms with Gasteiger partial charge in [0.1, 0.15) is 0 Å².